The van der Waals surface area contributed by atoms with Gasteiger partial charge in [-0.3, -0.25) is 0 Å². The second-order valence-electron chi connectivity index (χ2n) is 0. The average Bonchev–Trinajstić information content (AvgIpc) is 0. The summed E-state index contributed by atoms with van der Waals surface area (Å²) >= 11 is 0. The zero-order chi connectivity index (χ0) is 0. The van der Waals surface area contributed by atoms with E-state index in [1.807, 2.05) is 0 Å². The topological polar surface area (TPSA) is 183 Å². The van der Waals surface area contributed by atoms with Crippen molar-refractivity contribution in [1.82, 2.24) is 0 Å². The second-order valence-corrected chi connectivity index (χ2v) is 0. The Labute approximate surface area is 107 Å². The number of hydrogen-bond donors (Lipinski definition) is 0. The van der Waals surface area contributed by atoms with Crippen molar-refractivity contribution in [3.8, 4) is 0 Å². The van der Waals surface area contributed by atoms with E-state index in [-0.39, 0.29) is 109 Å². The molecule has 0 saturated heterocycles. The van der Waals surface area contributed by atoms with Crippen molar-refractivity contribution in [2.45, 2.75) is 0 Å². The first-order chi connectivity index (χ1) is 0. The van der Waals surface area contributed by atoms with E-state index in [9.17, 15) is 0 Å². The molecule has 0 atom stereocenters. The van der Waals surface area contributed by atoms with Gasteiger partial charge in [-0.15, -0.1) is 0 Å². The van der Waals surface area contributed by atoms with Crippen LogP contribution in [0, 0.1) is 0 Å². The third kappa shape index (κ3) is 87.2. The van der Waals surface area contributed by atoms with Gasteiger partial charge in [0.25, 0.3) is 0 Å². The molecule has 0 fully saturated rings. The molecule has 6 nitrogen and oxygen atoms in total. The predicted octanol–water partition coefficient (Wildman–Crippen LogP) is -5.73. The number of rotatable bonds is 0. The van der Waals surface area contributed by atoms with E-state index in [0.717, 1.165) is 0 Å². The fourth-order valence-electron chi connectivity index (χ4n) is 0. The van der Waals surface area contributed by atoms with Gasteiger partial charge in [-0.1, -0.05) is 0 Å². The molecule has 8 N–H and O–H groups in total. The van der Waals surface area contributed by atoms with Gasteiger partial charge in [0.05, 0.1) is 0 Å². The Bertz CT molecular complexity index is 8.49. The van der Waals surface area contributed by atoms with Crippen LogP contribution in [0.5, 0.6) is 0 Å². The summed E-state index contributed by atoms with van der Waals surface area (Å²) in [7, 11) is 0. The van der Waals surface area contributed by atoms with Crippen LogP contribution in [0.25, 0.3) is 0 Å². The molecule has 0 aliphatic heterocycles. The van der Waals surface area contributed by atoms with E-state index in [1.165, 1.54) is 0 Å². The standard InChI is InChI=1S/K.6H2O.Sb/h;6*1H2;/q+1;;;;;;;+3/p-4. The monoisotopic (exact) mass is 264 g/mol. The zero-order valence-electron chi connectivity index (χ0n) is 4.24. The summed E-state index contributed by atoms with van der Waals surface area (Å²) in [5, 5.41) is 0. The minimum Gasteiger partial charge on any atom is -0.870 e. The summed E-state index contributed by atoms with van der Waals surface area (Å²) in [5.74, 6) is 0. The molecule has 0 aliphatic rings. The quantitative estimate of drug-likeness (QED) is 0.395. The Morgan fingerprint density at radius 3 is 0.500 bits per heavy atom. The number of hydrogen-bond acceptors (Lipinski definition) is 4. The molecule has 0 amide bonds. The molecule has 0 heterocycles. The molecule has 0 rings (SSSR count). The first-order valence-corrected chi connectivity index (χ1v) is 0. The Kier molecular flexibility index (Phi) is 2800. The molecule has 0 aromatic heterocycles. The summed E-state index contributed by atoms with van der Waals surface area (Å²) < 4.78 is 0. The smallest absolute Gasteiger partial charge is 0.870 e. The minimum atomic E-state index is 0. The van der Waals surface area contributed by atoms with Crippen molar-refractivity contribution in [1.29, 1.82) is 0 Å². The average molecular weight is 265 g/mol. The van der Waals surface area contributed by atoms with Crippen molar-refractivity contribution in [3.05, 3.63) is 0 Å². The van der Waals surface area contributed by atoms with Gasteiger partial charge in [0.2, 0.25) is 0 Å². The van der Waals surface area contributed by atoms with Crippen LogP contribution in [-0.2, 0) is 0 Å². The molecule has 50 valence electrons. The first-order valence-electron chi connectivity index (χ1n) is 0. The fourth-order valence-corrected chi connectivity index (χ4v) is 0. The summed E-state index contributed by atoms with van der Waals surface area (Å²) in [4.78, 5) is 0. The van der Waals surface area contributed by atoms with Crippen LogP contribution >= 0.6 is 0 Å². The third-order valence-corrected chi connectivity index (χ3v) is 0. The Morgan fingerprint density at radius 1 is 0.500 bits per heavy atom. The van der Waals surface area contributed by atoms with E-state index in [2.05, 4.69) is 0 Å². The molecule has 2 radical (unpaired) electrons. The SMILES string of the molecule is O.O.[K+].[OH-].[OH-].[OH-].[OH-].[Sb+3]. The van der Waals surface area contributed by atoms with Crippen LogP contribution < -0.4 is 51.4 Å². The van der Waals surface area contributed by atoms with E-state index in [4.69, 9.17) is 0 Å². The third-order valence-electron chi connectivity index (χ3n) is 0. The van der Waals surface area contributed by atoms with Crippen molar-refractivity contribution in [2.75, 3.05) is 0 Å². The molecule has 0 bridgehead atoms. The summed E-state index contributed by atoms with van der Waals surface area (Å²) in [6, 6.07) is 0. The fraction of sp³-hybridized carbons (Fsp3) is 0. The largest absolute Gasteiger partial charge is 3.00 e. The molecule has 0 spiro atoms. The summed E-state index contributed by atoms with van der Waals surface area (Å²) in [5.41, 5.74) is 0. The van der Waals surface area contributed by atoms with Gasteiger partial charge in [-0.25, -0.2) is 0 Å². The van der Waals surface area contributed by atoms with Crippen LogP contribution in [0.1, 0.15) is 0 Å². The van der Waals surface area contributed by atoms with Gasteiger partial charge in [0, 0.05) is 0 Å². The molecule has 0 saturated carbocycles. The van der Waals surface area contributed by atoms with E-state index in [0.29, 0.717) is 0 Å². The Balaban J connectivity index is 0. The molecule has 0 unspecified atom stereocenters. The Hall–Kier alpha value is 2.21. The van der Waals surface area contributed by atoms with E-state index < -0.39 is 0 Å². The van der Waals surface area contributed by atoms with Crippen LogP contribution in [0.4, 0.5) is 0 Å². The Morgan fingerprint density at radius 2 is 0.500 bits per heavy atom. The first kappa shape index (κ1) is 177. The van der Waals surface area contributed by atoms with Crippen LogP contribution in [0.15, 0.2) is 0 Å². The predicted molar refractivity (Wildman–Crippen MR) is 20.7 cm³/mol. The van der Waals surface area contributed by atoms with E-state index >= 15 is 0 Å². The van der Waals surface area contributed by atoms with Gasteiger partial charge < -0.3 is 32.9 Å². The minimum absolute atomic E-state index is 0. The van der Waals surface area contributed by atoms with Gasteiger partial charge in [-0.05, 0) is 0 Å². The van der Waals surface area contributed by atoms with Crippen molar-refractivity contribution in [3.63, 3.8) is 0 Å². The van der Waals surface area contributed by atoms with Crippen molar-refractivity contribution < 1.29 is 84.2 Å². The van der Waals surface area contributed by atoms with Crippen LogP contribution in [0.3, 0.4) is 0 Å². The molecule has 0 aromatic rings. The molecule has 0 aromatic carbocycles. The van der Waals surface area contributed by atoms with Gasteiger partial charge >= 0.3 is 75.8 Å². The second kappa shape index (κ2) is 127. The normalized spacial score (nSPS) is 0. The van der Waals surface area contributed by atoms with Gasteiger partial charge in [-0.2, -0.15) is 0 Å². The maximum absolute atomic E-state index is 0. The molecular formula is H8KO6Sb. The van der Waals surface area contributed by atoms with Crippen LogP contribution in [-0.4, -0.2) is 57.3 Å². The summed E-state index contributed by atoms with van der Waals surface area (Å²) in [6.45, 7) is 0. The maximum atomic E-state index is 0. The summed E-state index contributed by atoms with van der Waals surface area (Å²) in [6.07, 6.45) is 0. The van der Waals surface area contributed by atoms with Crippen LogP contribution in [0.2, 0.25) is 0 Å². The molecule has 8 heavy (non-hydrogen) atoms. The molecular weight excluding hydrogens is 257 g/mol. The van der Waals surface area contributed by atoms with Gasteiger partial charge in [0.15, 0.2) is 0 Å². The molecule has 8 heteroatoms. The van der Waals surface area contributed by atoms with E-state index in [1.54, 1.807) is 0 Å². The zero-order valence-corrected chi connectivity index (χ0v) is 9.91. The molecule has 0 aliphatic carbocycles. The maximum Gasteiger partial charge on any atom is 3.00 e. The van der Waals surface area contributed by atoms with Crippen molar-refractivity contribution in [2.24, 2.45) is 0 Å². The van der Waals surface area contributed by atoms with Crippen molar-refractivity contribution >= 4 is 24.4 Å². The van der Waals surface area contributed by atoms with Gasteiger partial charge in [0.1, 0.15) is 0 Å².